The van der Waals surface area contributed by atoms with E-state index in [-0.39, 0.29) is 6.10 Å². The van der Waals surface area contributed by atoms with Crippen molar-refractivity contribution < 1.29 is 5.11 Å². The highest BCUT2D eigenvalue weighted by Gasteiger charge is 2.19. The van der Waals surface area contributed by atoms with E-state index in [0.29, 0.717) is 0 Å². The molecule has 0 unspecified atom stereocenters. The molecule has 1 aromatic carbocycles. The van der Waals surface area contributed by atoms with Crippen molar-refractivity contribution in [3.63, 3.8) is 0 Å². The van der Waals surface area contributed by atoms with Crippen LogP contribution in [0.3, 0.4) is 0 Å². The first-order chi connectivity index (χ1) is 10.5. The Kier molecular flexibility index (Phi) is 4.57. The molecular weight excluding hydrogens is 296 g/mol. The molecule has 0 atom stereocenters. The molecule has 2 heterocycles. The third-order valence-corrected chi connectivity index (χ3v) is 4.98. The molecule has 0 amide bonds. The Bertz CT molecular complexity index is 640. The maximum Gasteiger partial charge on any atom is 0.0564 e. The molecule has 4 heteroatoms. The molecule has 3 nitrogen and oxygen atoms in total. The average Bonchev–Trinajstić information content (AvgIpc) is 2.79. The van der Waals surface area contributed by atoms with Crippen LogP contribution in [0, 0.1) is 13.8 Å². The van der Waals surface area contributed by atoms with Gasteiger partial charge < -0.3 is 9.67 Å². The fourth-order valence-electron chi connectivity index (χ4n) is 3.11. The molecule has 0 aliphatic carbocycles. The molecule has 1 N–H and O–H groups in total. The van der Waals surface area contributed by atoms with Crippen molar-refractivity contribution in [2.75, 3.05) is 13.1 Å². The van der Waals surface area contributed by atoms with Crippen LogP contribution < -0.4 is 0 Å². The van der Waals surface area contributed by atoms with Gasteiger partial charge in [-0.15, -0.1) is 0 Å². The van der Waals surface area contributed by atoms with E-state index in [1.54, 1.807) is 0 Å². The first kappa shape index (κ1) is 15.6. The van der Waals surface area contributed by atoms with Crippen LogP contribution >= 0.6 is 11.6 Å². The number of rotatable bonds is 3. The smallest absolute Gasteiger partial charge is 0.0564 e. The van der Waals surface area contributed by atoms with E-state index in [2.05, 4.69) is 41.6 Å². The zero-order valence-electron chi connectivity index (χ0n) is 13.2. The van der Waals surface area contributed by atoms with Gasteiger partial charge in [-0.3, -0.25) is 4.90 Å². The van der Waals surface area contributed by atoms with Crippen LogP contribution in [0.2, 0.25) is 5.02 Å². The van der Waals surface area contributed by atoms with Gasteiger partial charge in [-0.05, 0) is 62.1 Å². The summed E-state index contributed by atoms with van der Waals surface area (Å²) in [6.07, 6.45) is 3.89. The number of aromatic nitrogens is 1. The molecule has 0 saturated carbocycles. The van der Waals surface area contributed by atoms with Crippen LogP contribution in [0.15, 0.2) is 30.5 Å². The topological polar surface area (TPSA) is 28.4 Å². The number of nitrogens with zero attached hydrogens (tertiary/aromatic N) is 2. The Morgan fingerprint density at radius 3 is 2.41 bits per heavy atom. The van der Waals surface area contributed by atoms with Gasteiger partial charge in [-0.2, -0.15) is 0 Å². The number of piperidine rings is 1. The summed E-state index contributed by atoms with van der Waals surface area (Å²) in [4.78, 5) is 2.43. The Morgan fingerprint density at radius 1 is 1.14 bits per heavy atom. The number of halogens is 1. The largest absolute Gasteiger partial charge is 0.393 e. The second kappa shape index (κ2) is 6.45. The highest BCUT2D eigenvalue weighted by molar-refractivity contribution is 6.30. The molecule has 0 radical (unpaired) electrons. The highest BCUT2D eigenvalue weighted by atomic mass is 35.5. The van der Waals surface area contributed by atoms with E-state index in [1.807, 2.05) is 12.1 Å². The quantitative estimate of drug-likeness (QED) is 0.934. The summed E-state index contributed by atoms with van der Waals surface area (Å²) in [6.45, 7) is 7.26. The molecular formula is C18H23ClN2O. The van der Waals surface area contributed by atoms with Crippen LogP contribution in [0.5, 0.6) is 0 Å². The second-order valence-corrected chi connectivity index (χ2v) is 6.65. The van der Waals surface area contributed by atoms with Crippen molar-refractivity contribution in [3.05, 3.63) is 52.3 Å². The van der Waals surface area contributed by atoms with Gasteiger partial charge in [0, 0.05) is 42.2 Å². The predicted molar refractivity (Wildman–Crippen MR) is 90.8 cm³/mol. The van der Waals surface area contributed by atoms with Crippen LogP contribution in [0.25, 0.3) is 5.69 Å². The molecule has 2 aromatic rings. The Morgan fingerprint density at radius 2 is 1.77 bits per heavy atom. The predicted octanol–water partition coefficient (Wildman–Crippen LogP) is 3.70. The van der Waals surface area contributed by atoms with Crippen molar-refractivity contribution in [2.45, 2.75) is 39.3 Å². The zero-order chi connectivity index (χ0) is 15.7. The van der Waals surface area contributed by atoms with E-state index in [0.717, 1.165) is 43.2 Å². The number of likely N-dealkylation sites (tertiary alicyclic amines) is 1. The third kappa shape index (κ3) is 3.22. The molecule has 22 heavy (non-hydrogen) atoms. The number of benzene rings is 1. The van der Waals surface area contributed by atoms with Crippen molar-refractivity contribution >= 4 is 11.6 Å². The highest BCUT2D eigenvalue weighted by Crippen LogP contribution is 2.24. The number of hydrogen-bond acceptors (Lipinski definition) is 2. The summed E-state index contributed by atoms with van der Waals surface area (Å²) in [7, 11) is 0. The molecule has 1 saturated heterocycles. The monoisotopic (exact) mass is 318 g/mol. The van der Waals surface area contributed by atoms with Gasteiger partial charge in [0.1, 0.15) is 0 Å². The zero-order valence-corrected chi connectivity index (χ0v) is 14.0. The van der Waals surface area contributed by atoms with Gasteiger partial charge >= 0.3 is 0 Å². The van der Waals surface area contributed by atoms with E-state index in [4.69, 9.17) is 11.6 Å². The summed E-state index contributed by atoms with van der Waals surface area (Å²) in [5.74, 6) is 0. The van der Waals surface area contributed by atoms with E-state index >= 15 is 0 Å². The van der Waals surface area contributed by atoms with Crippen molar-refractivity contribution in [3.8, 4) is 5.69 Å². The van der Waals surface area contributed by atoms with Crippen LogP contribution in [0.4, 0.5) is 0 Å². The maximum atomic E-state index is 9.63. The van der Waals surface area contributed by atoms with Crippen LogP contribution in [-0.2, 0) is 6.54 Å². The van der Waals surface area contributed by atoms with E-state index < -0.39 is 0 Å². The lowest BCUT2D eigenvalue weighted by Crippen LogP contribution is -2.35. The first-order valence-corrected chi connectivity index (χ1v) is 8.26. The van der Waals surface area contributed by atoms with Gasteiger partial charge in [-0.1, -0.05) is 11.6 Å². The van der Waals surface area contributed by atoms with Gasteiger partial charge in [0.15, 0.2) is 0 Å². The van der Waals surface area contributed by atoms with Gasteiger partial charge in [-0.25, -0.2) is 0 Å². The fourth-order valence-corrected chi connectivity index (χ4v) is 3.24. The Labute approximate surface area is 137 Å². The lowest BCUT2D eigenvalue weighted by atomic mass is 10.1. The van der Waals surface area contributed by atoms with Crippen molar-refractivity contribution in [1.29, 1.82) is 0 Å². The average molecular weight is 319 g/mol. The molecule has 0 bridgehead atoms. The normalized spacial score (nSPS) is 17.1. The minimum absolute atomic E-state index is 0.113. The standard InChI is InChI=1S/C18H23ClN2O/c1-13-14(2)21(17-5-3-16(19)4-6-17)12-15(13)11-20-9-7-18(22)8-10-20/h3-6,12,18,22H,7-11H2,1-2H3. The molecule has 1 fully saturated rings. The number of aliphatic hydroxyl groups excluding tert-OH is 1. The summed E-state index contributed by atoms with van der Waals surface area (Å²) >= 11 is 5.98. The molecule has 0 spiro atoms. The molecule has 1 aliphatic rings. The summed E-state index contributed by atoms with van der Waals surface area (Å²) < 4.78 is 2.24. The number of aliphatic hydroxyl groups is 1. The first-order valence-electron chi connectivity index (χ1n) is 7.88. The second-order valence-electron chi connectivity index (χ2n) is 6.22. The minimum atomic E-state index is -0.113. The lowest BCUT2D eigenvalue weighted by Gasteiger charge is -2.29. The van der Waals surface area contributed by atoms with Crippen LogP contribution in [-0.4, -0.2) is 33.8 Å². The van der Waals surface area contributed by atoms with Crippen LogP contribution in [0.1, 0.15) is 29.7 Å². The summed E-state index contributed by atoms with van der Waals surface area (Å²) in [5.41, 5.74) is 5.13. The maximum absolute atomic E-state index is 9.63. The Balaban J connectivity index is 1.81. The summed E-state index contributed by atoms with van der Waals surface area (Å²) in [5, 5.41) is 10.4. The fraction of sp³-hybridized carbons (Fsp3) is 0.444. The van der Waals surface area contributed by atoms with Gasteiger partial charge in [0.05, 0.1) is 6.10 Å². The molecule has 1 aliphatic heterocycles. The van der Waals surface area contributed by atoms with Gasteiger partial charge in [0.25, 0.3) is 0 Å². The van der Waals surface area contributed by atoms with Crippen molar-refractivity contribution in [2.24, 2.45) is 0 Å². The Hall–Kier alpha value is -1.29. The molecule has 1 aromatic heterocycles. The summed E-state index contributed by atoms with van der Waals surface area (Å²) in [6, 6.07) is 7.96. The minimum Gasteiger partial charge on any atom is -0.393 e. The molecule has 118 valence electrons. The lowest BCUT2D eigenvalue weighted by molar-refractivity contribution is 0.0792. The van der Waals surface area contributed by atoms with E-state index in [9.17, 15) is 5.11 Å². The molecule has 3 rings (SSSR count). The third-order valence-electron chi connectivity index (χ3n) is 4.73. The van der Waals surface area contributed by atoms with Crippen molar-refractivity contribution in [1.82, 2.24) is 9.47 Å². The van der Waals surface area contributed by atoms with Gasteiger partial charge in [0.2, 0.25) is 0 Å². The SMILES string of the molecule is Cc1c(CN2CCC(O)CC2)cn(-c2ccc(Cl)cc2)c1C. The number of hydrogen-bond donors (Lipinski definition) is 1. The van der Waals surface area contributed by atoms with E-state index in [1.165, 1.54) is 16.8 Å².